The van der Waals surface area contributed by atoms with Crippen LogP contribution in [-0.4, -0.2) is 29.4 Å². The minimum atomic E-state index is -4.65. The Kier molecular flexibility index (Phi) is 6.18. The van der Waals surface area contributed by atoms with Crippen molar-refractivity contribution in [2.24, 2.45) is 0 Å². The molecular formula is C24H13ClF6N6O. The molecule has 0 aliphatic heterocycles. The third kappa shape index (κ3) is 4.84. The molecule has 0 amide bonds. The maximum atomic E-state index is 13.1. The maximum absolute atomic E-state index is 13.1. The molecule has 0 fully saturated rings. The number of pyridine rings is 2. The van der Waals surface area contributed by atoms with Crippen molar-refractivity contribution in [3.63, 3.8) is 0 Å². The van der Waals surface area contributed by atoms with E-state index in [1.54, 1.807) is 24.3 Å². The Balaban J connectivity index is 1.66. The molecule has 7 nitrogen and oxygen atoms in total. The highest BCUT2D eigenvalue weighted by Gasteiger charge is 2.33. The van der Waals surface area contributed by atoms with E-state index in [0.717, 1.165) is 33.7 Å². The molecule has 0 unspecified atom stereocenters. The molecule has 5 aromatic rings. The first kappa shape index (κ1) is 25.4. The topological polar surface area (TPSA) is 78.0 Å². The zero-order chi connectivity index (χ0) is 27.2. The Labute approximate surface area is 214 Å². The van der Waals surface area contributed by atoms with Crippen molar-refractivity contribution in [3.8, 4) is 22.3 Å². The number of hydrogen-bond donors (Lipinski definition) is 0. The molecule has 4 heterocycles. The van der Waals surface area contributed by atoms with Gasteiger partial charge in [-0.15, -0.1) is 5.10 Å². The SMILES string of the molecule is O=c1n(Cc2ccc(C(F)(F)F)nc2)nc2c(-c3ccc(C(F)(F)F)nc3)c(-c3ccc(Cl)cc3)cnn12. The second-order valence-corrected chi connectivity index (χ2v) is 8.53. The van der Waals surface area contributed by atoms with Crippen molar-refractivity contribution >= 4 is 17.2 Å². The van der Waals surface area contributed by atoms with E-state index in [4.69, 9.17) is 11.6 Å². The van der Waals surface area contributed by atoms with Crippen LogP contribution in [0.5, 0.6) is 0 Å². The third-order valence-electron chi connectivity index (χ3n) is 5.56. The fourth-order valence-electron chi connectivity index (χ4n) is 3.76. The summed E-state index contributed by atoms with van der Waals surface area (Å²) in [5.74, 6) is 0. The summed E-state index contributed by atoms with van der Waals surface area (Å²) in [4.78, 5) is 19.9. The number of fused-ring (bicyclic) bond motifs is 1. The van der Waals surface area contributed by atoms with Crippen LogP contribution in [0.15, 0.2) is 71.9 Å². The largest absolute Gasteiger partial charge is 0.433 e. The lowest BCUT2D eigenvalue weighted by atomic mass is 9.98. The van der Waals surface area contributed by atoms with Gasteiger partial charge in [0, 0.05) is 34.1 Å². The summed E-state index contributed by atoms with van der Waals surface area (Å²) in [6, 6.07) is 10.5. The van der Waals surface area contributed by atoms with Crippen LogP contribution in [0.1, 0.15) is 17.0 Å². The van der Waals surface area contributed by atoms with Crippen LogP contribution in [-0.2, 0) is 18.9 Å². The molecule has 38 heavy (non-hydrogen) atoms. The first-order valence-electron chi connectivity index (χ1n) is 10.7. The van der Waals surface area contributed by atoms with E-state index in [0.29, 0.717) is 16.1 Å². The zero-order valence-electron chi connectivity index (χ0n) is 18.8. The van der Waals surface area contributed by atoms with Crippen LogP contribution in [0.2, 0.25) is 5.02 Å². The van der Waals surface area contributed by atoms with E-state index in [9.17, 15) is 31.1 Å². The van der Waals surface area contributed by atoms with Gasteiger partial charge in [-0.1, -0.05) is 35.9 Å². The molecule has 0 aliphatic carbocycles. The Morgan fingerprint density at radius 3 is 1.92 bits per heavy atom. The molecule has 194 valence electrons. The van der Waals surface area contributed by atoms with Gasteiger partial charge in [0.25, 0.3) is 0 Å². The molecule has 4 aromatic heterocycles. The summed E-state index contributed by atoms with van der Waals surface area (Å²) < 4.78 is 79.7. The lowest BCUT2D eigenvalue weighted by molar-refractivity contribution is -0.141. The van der Waals surface area contributed by atoms with E-state index in [2.05, 4.69) is 20.2 Å². The van der Waals surface area contributed by atoms with Gasteiger partial charge in [-0.3, -0.25) is 9.97 Å². The lowest BCUT2D eigenvalue weighted by Crippen LogP contribution is -2.23. The molecule has 5 rings (SSSR count). The van der Waals surface area contributed by atoms with Crippen LogP contribution in [0.25, 0.3) is 27.9 Å². The number of aromatic nitrogens is 6. The van der Waals surface area contributed by atoms with Crippen LogP contribution >= 0.6 is 11.6 Å². The van der Waals surface area contributed by atoms with Gasteiger partial charge in [0.1, 0.15) is 11.4 Å². The van der Waals surface area contributed by atoms with Crippen molar-refractivity contribution in [1.82, 2.24) is 29.4 Å². The van der Waals surface area contributed by atoms with Crippen LogP contribution in [0.4, 0.5) is 26.3 Å². The van der Waals surface area contributed by atoms with Crippen molar-refractivity contribution in [1.29, 1.82) is 0 Å². The number of hydrogen-bond acceptors (Lipinski definition) is 5. The zero-order valence-corrected chi connectivity index (χ0v) is 19.6. The summed E-state index contributed by atoms with van der Waals surface area (Å²) in [6.07, 6.45) is -5.92. The van der Waals surface area contributed by atoms with Crippen molar-refractivity contribution in [3.05, 3.63) is 99.6 Å². The van der Waals surface area contributed by atoms with E-state index in [1.807, 2.05) is 0 Å². The predicted molar refractivity (Wildman–Crippen MR) is 124 cm³/mol. The van der Waals surface area contributed by atoms with Crippen molar-refractivity contribution in [2.75, 3.05) is 0 Å². The molecule has 0 N–H and O–H groups in total. The Morgan fingerprint density at radius 1 is 0.763 bits per heavy atom. The first-order valence-corrected chi connectivity index (χ1v) is 11.1. The highest BCUT2D eigenvalue weighted by atomic mass is 35.5. The van der Waals surface area contributed by atoms with Gasteiger partial charge in [0.2, 0.25) is 0 Å². The molecule has 0 saturated carbocycles. The standard InChI is InChI=1S/C24H13ClF6N6O/c25-16-5-2-14(3-6-16)17-11-34-37-21(20(17)15-4-8-19(33-10-15)24(29,30)31)35-36(22(37)38)12-13-1-7-18(32-9-13)23(26,27)28/h1-11H,12H2. The summed E-state index contributed by atoms with van der Waals surface area (Å²) in [5.41, 5.74) is -1.12. The van der Waals surface area contributed by atoms with Crippen molar-refractivity contribution < 1.29 is 26.3 Å². The minimum absolute atomic E-state index is 0.00359. The molecule has 0 saturated heterocycles. The molecule has 0 atom stereocenters. The predicted octanol–water partition coefficient (Wildman–Crippen LogP) is 5.75. The van der Waals surface area contributed by atoms with Gasteiger partial charge in [0.15, 0.2) is 5.65 Å². The van der Waals surface area contributed by atoms with Gasteiger partial charge in [0.05, 0.1) is 12.7 Å². The summed E-state index contributed by atoms with van der Waals surface area (Å²) in [5, 5.41) is 8.91. The minimum Gasteiger partial charge on any atom is -0.251 e. The number of halogens is 7. The quantitative estimate of drug-likeness (QED) is 0.266. The number of benzene rings is 1. The van der Waals surface area contributed by atoms with Crippen LogP contribution < -0.4 is 5.69 Å². The Bertz CT molecular complexity index is 1670. The highest BCUT2D eigenvalue weighted by Crippen LogP contribution is 2.36. The fourth-order valence-corrected chi connectivity index (χ4v) is 3.89. The molecule has 0 bridgehead atoms. The summed E-state index contributed by atoms with van der Waals surface area (Å²) in [7, 11) is 0. The molecule has 0 aliphatic rings. The van der Waals surface area contributed by atoms with Gasteiger partial charge < -0.3 is 0 Å². The maximum Gasteiger partial charge on any atom is 0.433 e. The van der Waals surface area contributed by atoms with Crippen molar-refractivity contribution in [2.45, 2.75) is 18.9 Å². The van der Waals surface area contributed by atoms with E-state index in [1.165, 1.54) is 18.3 Å². The first-order chi connectivity index (χ1) is 17.9. The molecule has 0 radical (unpaired) electrons. The van der Waals surface area contributed by atoms with Crippen LogP contribution in [0, 0.1) is 0 Å². The van der Waals surface area contributed by atoms with E-state index < -0.39 is 29.4 Å². The normalized spacial score (nSPS) is 12.3. The van der Waals surface area contributed by atoms with Gasteiger partial charge in [-0.25, -0.2) is 9.48 Å². The molecule has 1 aromatic carbocycles. The fraction of sp³-hybridized carbons (Fsp3) is 0.125. The molecular weight excluding hydrogens is 538 g/mol. The molecule has 14 heteroatoms. The molecule has 0 spiro atoms. The number of rotatable bonds is 4. The summed E-state index contributed by atoms with van der Waals surface area (Å²) >= 11 is 5.99. The number of nitrogens with zero attached hydrogens (tertiary/aromatic N) is 6. The summed E-state index contributed by atoms with van der Waals surface area (Å²) in [6.45, 7) is -0.228. The Hall–Kier alpha value is -4.26. The average Bonchev–Trinajstić information content (AvgIpc) is 3.18. The third-order valence-corrected chi connectivity index (χ3v) is 5.81. The van der Waals surface area contributed by atoms with Gasteiger partial charge in [-0.2, -0.15) is 36.0 Å². The second kappa shape index (κ2) is 9.24. The monoisotopic (exact) mass is 550 g/mol. The van der Waals surface area contributed by atoms with Gasteiger partial charge in [-0.05, 0) is 35.4 Å². The smallest absolute Gasteiger partial charge is 0.251 e. The van der Waals surface area contributed by atoms with Gasteiger partial charge >= 0.3 is 18.0 Å². The van der Waals surface area contributed by atoms with E-state index in [-0.39, 0.29) is 28.9 Å². The van der Waals surface area contributed by atoms with E-state index >= 15 is 0 Å². The second-order valence-electron chi connectivity index (χ2n) is 8.10. The number of alkyl halides is 6. The van der Waals surface area contributed by atoms with Crippen LogP contribution in [0.3, 0.4) is 0 Å². The Morgan fingerprint density at radius 2 is 1.37 bits per heavy atom. The lowest BCUT2D eigenvalue weighted by Gasteiger charge is -2.11. The average molecular weight is 551 g/mol. The highest BCUT2D eigenvalue weighted by molar-refractivity contribution is 6.30.